The van der Waals surface area contributed by atoms with Gasteiger partial charge in [0, 0.05) is 18.1 Å². The van der Waals surface area contributed by atoms with Crippen molar-refractivity contribution >= 4 is 27.5 Å². The Morgan fingerprint density at radius 2 is 2.05 bits per heavy atom. The van der Waals surface area contributed by atoms with Crippen LogP contribution in [0.3, 0.4) is 0 Å². The molecule has 5 nitrogen and oxygen atoms in total. The zero-order valence-corrected chi connectivity index (χ0v) is 14.1. The highest BCUT2D eigenvalue weighted by molar-refractivity contribution is 7.89. The number of carbonyl (C=O) groups is 1. The van der Waals surface area contributed by atoms with E-state index in [0.717, 1.165) is 5.56 Å². The van der Waals surface area contributed by atoms with Crippen molar-refractivity contribution in [3.8, 4) is 0 Å². The number of hydrogen-bond acceptors (Lipinski definition) is 3. The number of sulfonamides is 1. The fraction of sp³-hybridized carbons (Fsp3) is 0.533. The number of benzene rings is 1. The first kappa shape index (κ1) is 17.2. The minimum Gasteiger partial charge on any atom is -0.342 e. The largest absolute Gasteiger partial charge is 0.342 e. The molecule has 1 heterocycles. The van der Waals surface area contributed by atoms with Crippen molar-refractivity contribution in [3.05, 3.63) is 34.9 Å². The second-order valence-electron chi connectivity index (χ2n) is 5.87. The number of halogens is 1. The summed E-state index contributed by atoms with van der Waals surface area (Å²) >= 11 is 5.97. The quantitative estimate of drug-likeness (QED) is 0.906. The zero-order valence-electron chi connectivity index (χ0n) is 12.5. The predicted octanol–water partition coefficient (Wildman–Crippen LogP) is 1.97. The van der Waals surface area contributed by atoms with Crippen molar-refractivity contribution in [3.63, 3.8) is 0 Å². The molecule has 2 rings (SSSR count). The van der Waals surface area contributed by atoms with Gasteiger partial charge in [-0.15, -0.1) is 0 Å². The third kappa shape index (κ3) is 4.69. The van der Waals surface area contributed by atoms with E-state index >= 15 is 0 Å². The minimum absolute atomic E-state index is 0.00111. The van der Waals surface area contributed by atoms with Crippen LogP contribution < -0.4 is 5.14 Å². The molecule has 0 saturated carbocycles. The number of nitrogens with two attached hydrogens (primary N) is 1. The maximum atomic E-state index is 12.5. The first-order chi connectivity index (χ1) is 10.3. The first-order valence-corrected chi connectivity index (χ1v) is 9.40. The average molecular weight is 345 g/mol. The molecule has 22 heavy (non-hydrogen) atoms. The predicted molar refractivity (Wildman–Crippen MR) is 87.1 cm³/mol. The lowest BCUT2D eigenvalue weighted by Gasteiger charge is -2.33. The average Bonchev–Trinajstić information content (AvgIpc) is 2.45. The fourth-order valence-corrected chi connectivity index (χ4v) is 4.03. The Labute approximate surface area is 136 Å². The van der Waals surface area contributed by atoms with E-state index in [1.165, 1.54) is 0 Å². The second-order valence-corrected chi connectivity index (χ2v) is 7.97. The molecule has 1 aliphatic heterocycles. The SMILES string of the molecule is C[C@H](C(=O)N1CCC(CS(N)(=O)=O)CC1)c1cccc(Cl)c1. The third-order valence-electron chi connectivity index (χ3n) is 4.11. The van der Waals surface area contributed by atoms with Crippen molar-refractivity contribution in [2.45, 2.75) is 25.7 Å². The topological polar surface area (TPSA) is 80.5 Å². The Hall–Kier alpha value is -1.11. The van der Waals surface area contributed by atoms with Crippen molar-refractivity contribution in [1.82, 2.24) is 4.90 Å². The Bertz CT molecular complexity index is 640. The van der Waals surface area contributed by atoms with Gasteiger partial charge in [0.05, 0.1) is 11.7 Å². The number of primary sulfonamides is 1. The van der Waals surface area contributed by atoms with E-state index in [0.29, 0.717) is 31.0 Å². The molecule has 0 aromatic heterocycles. The summed E-state index contributed by atoms with van der Waals surface area (Å²) in [4.78, 5) is 14.3. The number of amides is 1. The first-order valence-electron chi connectivity index (χ1n) is 7.31. The lowest BCUT2D eigenvalue weighted by Crippen LogP contribution is -2.42. The summed E-state index contributed by atoms with van der Waals surface area (Å²) in [7, 11) is -3.44. The highest BCUT2D eigenvalue weighted by Crippen LogP contribution is 2.25. The lowest BCUT2D eigenvalue weighted by atomic mass is 9.95. The molecule has 1 saturated heterocycles. The number of piperidine rings is 1. The molecule has 0 unspecified atom stereocenters. The van der Waals surface area contributed by atoms with E-state index in [2.05, 4.69) is 0 Å². The Balaban J connectivity index is 1.95. The van der Waals surface area contributed by atoms with Gasteiger partial charge in [0.2, 0.25) is 15.9 Å². The van der Waals surface area contributed by atoms with Crippen LogP contribution in [0.1, 0.15) is 31.2 Å². The normalized spacial score (nSPS) is 18.2. The Morgan fingerprint density at radius 3 is 2.59 bits per heavy atom. The van der Waals surface area contributed by atoms with Gasteiger partial charge in [-0.3, -0.25) is 4.79 Å². The van der Waals surface area contributed by atoms with E-state index in [1.807, 2.05) is 19.1 Å². The lowest BCUT2D eigenvalue weighted by molar-refractivity contribution is -0.133. The summed E-state index contributed by atoms with van der Waals surface area (Å²) in [6, 6.07) is 7.31. The summed E-state index contributed by atoms with van der Waals surface area (Å²) in [5.41, 5.74) is 0.893. The summed E-state index contributed by atoms with van der Waals surface area (Å²) < 4.78 is 22.2. The van der Waals surface area contributed by atoms with Gasteiger partial charge in [-0.2, -0.15) is 0 Å². The maximum absolute atomic E-state index is 12.5. The monoisotopic (exact) mass is 344 g/mol. The third-order valence-corrected chi connectivity index (χ3v) is 5.28. The van der Waals surface area contributed by atoms with Gasteiger partial charge in [-0.25, -0.2) is 13.6 Å². The fourth-order valence-electron chi connectivity index (χ4n) is 2.84. The molecular formula is C15H21ClN2O3S. The van der Waals surface area contributed by atoms with E-state index in [1.54, 1.807) is 17.0 Å². The molecule has 122 valence electrons. The smallest absolute Gasteiger partial charge is 0.229 e. The highest BCUT2D eigenvalue weighted by Gasteiger charge is 2.28. The summed E-state index contributed by atoms with van der Waals surface area (Å²) in [6.45, 7) is 3.01. The zero-order chi connectivity index (χ0) is 16.3. The van der Waals surface area contributed by atoms with Crippen molar-refractivity contribution in [1.29, 1.82) is 0 Å². The van der Waals surface area contributed by atoms with Gasteiger partial charge in [0.25, 0.3) is 0 Å². The van der Waals surface area contributed by atoms with Crippen LogP contribution >= 0.6 is 11.6 Å². The number of carbonyl (C=O) groups excluding carboxylic acids is 1. The van der Waals surface area contributed by atoms with Gasteiger partial charge in [0.1, 0.15) is 0 Å². The van der Waals surface area contributed by atoms with E-state index in [9.17, 15) is 13.2 Å². The maximum Gasteiger partial charge on any atom is 0.229 e. The van der Waals surface area contributed by atoms with Crippen LogP contribution in [-0.4, -0.2) is 38.1 Å². The van der Waals surface area contributed by atoms with E-state index < -0.39 is 10.0 Å². The van der Waals surface area contributed by atoms with Gasteiger partial charge < -0.3 is 4.90 Å². The Morgan fingerprint density at radius 1 is 1.41 bits per heavy atom. The van der Waals surface area contributed by atoms with Crippen LogP contribution in [0, 0.1) is 5.92 Å². The van der Waals surface area contributed by atoms with Gasteiger partial charge in [-0.1, -0.05) is 23.7 Å². The van der Waals surface area contributed by atoms with Crippen LogP contribution in [0.15, 0.2) is 24.3 Å². The molecule has 2 N–H and O–H groups in total. The van der Waals surface area contributed by atoms with E-state index in [-0.39, 0.29) is 23.5 Å². The van der Waals surface area contributed by atoms with Crippen LogP contribution in [0.2, 0.25) is 5.02 Å². The molecule has 1 aliphatic rings. The van der Waals surface area contributed by atoms with Crippen molar-refractivity contribution in [2.24, 2.45) is 11.1 Å². The molecule has 0 bridgehead atoms. The molecule has 1 aromatic rings. The van der Waals surface area contributed by atoms with Crippen LogP contribution in [0.5, 0.6) is 0 Å². The van der Waals surface area contributed by atoms with Crippen LogP contribution in [0.4, 0.5) is 0 Å². The molecule has 0 spiro atoms. The summed E-state index contributed by atoms with van der Waals surface area (Å²) in [6.07, 6.45) is 1.34. The Kier molecular flexibility index (Phi) is 5.47. The number of likely N-dealkylation sites (tertiary alicyclic amines) is 1. The number of rotatable bonds is 4. The van der Waals surface area contributed by atoms with E-state index in [4.69, 9.17) is 16.7 Å². The molecule has 1 amide bonds. The molecule has 0 aliphatic carbocycles. The summed E-state index contributed by atoms with van der Waals surface area (Å²) in [5, 5.41) is 5.69. The summed E-state index contributed by atoms with van der Waals surface area (Å²) in [5.74, 6) is -0.163. The molecular weight excluding hydrogens is 324 g/mol. The molecule has 1 fully saturated rings. The van der Waals surface area contributed by atoms with Crippen molar-refractivity contribution in [2.75, 3.05) is 18.8 Å². The van der Waals surface area contributed by atoms with Gasteiger partial charge in [0.15, 0.2) is 0 Å². The van der Waals surface area contributed by atoms with Gasteiger partial charge >= 0.3 is 0 Å². The second kappa shape index (κ2) is 6.98. The molecule has 1 atom stereocenters. The van der Waals surface area contributed by atoms with Crippen LogP contribution in [-0.2, 0) is 14.8 Å². The molecule has 0 radical (unpaired) electrons. The molecule has 1 aromatic carbocycles. The standard InChI is InChI=1S/C15H21ClN2O3S/c1-11(13-3-2-4-14(16)9-13)15(19)18-7-5-12(6-8-18)10-22(17,20)21/h2-4,9,11-12H,5-8,10H2,1H3,(H2,17,20,21)/t11-/m0/s1. The number of nitrogens with zero attached hydrogens (tertiary/aromatic N) is 1. The van der Waals surface area contributed by atoms with Crippen LogP contribution in [0.25, 0.3) is 0 Å². The number of hydrogen-bond donors (Lipinski definition) is 1. The minimum atomic E-state index is -3.44. The van der Waals surface area contributed by atoms with Crippen molar-refractivity contribution < 1.29 is 13.2 Å². The highest BCUT2D eigenvalue weighted by atomic mass is 35.5. The van der Waals surface area contributed by atoms with Gasteiger partial charge in [-0.05, 0) is 43.4 Å². The molecule has 7 heteroatoms.